The van der Waals surface area contributed by atoms with Crippen LogP contribution in [0.5, 0.6) is 0 Å². The molecule has 0 aromatic heterocycles. The lowest BCUT2D eigenvalue weighted by molar-refractivity contribution is 0.330. The second kappa shape index (κ2) is 3.46. The first-order valence-corrected chi connectivity index (χ1v) is 2.35. The van der Waals surface area contributed by atoms with Gasteiger partial charge in [-0.05, 0) is 6.08 Å². The quantitative estimate of drug-likeness (QED) is 0.467. The van der Waals surface area contributed by atoms with Crippen molar-refractivity contribution in [3.8, 4) is 0 Å². The number of nitrogens with two attached hydrogens (primary N) is 1. The molecule has 0 rings (SSSR count). The molecule has 0 amide bonds. The fourth-order valence-corrected chi connectivity index (χ4v) is 0.349. The number of hydrogen-bond acceptors (Lipinski definition) is 3. The van der Waals surface area contributed by atoms with Gasteiger partial charge in [-0.25, -0.2) is 0 Å². The van der Waals surface area contributed by atoms with Crippen LogP contribution in [-0.4, -0.2) is 16.9 Å². The fourth-order valence-electron chi connectivity index (χ4n) is 0.208. The van der Waals surface area contributed by atoms with Crippen molar-refractivity contribution < 1.29 is 5.11 Å². The maximum absolute atomic E-state index is 8.24. The number of aliphatic hydroxyl groups excluding tert-OH is 1. The Bertz CT molecular complexity index is 121. The van der Waals surface area contributed by atoms with Crippen LogP contribution < -0.4 is 5.73 Å². The van der Waals surface area contributed by atoms with E-state index in [0.717, 1.165) is 0 Å². The first-order chi connectivity index (χ1) is 3.66. The van der Waals surface area contributed by atoms with Crippen LogP contribution >= 0.6 is 11.6 Å². The van der Waals surface area contributed by atoms with Crippen molar-refractivity contribution in [1.82, 2.24) is 0 Å². The van der Waals surface area contributed by atoms with E-state index in [1.807, 2.05) is 0 Å². The molecule has 0 aromatic carbocycles. The topological polar surface area (TPSA) is 70.1 Å². The van der Waals surface area contributed by atoms with Gasteiger partial charge in [0.05, 0.1) is 6.61 Å². The number of hydrogen-bond donors (Lipinski definition) is 3. The van der Waals surface area contributed by atoms with Crippen molar-refractivity contribution in [3.63, 3.8) is 0 Å². The van der Waals surface area contributed by atoms with Crippen molar-refractivity contribution >= 4 is 16.8 Å². The van der Waals surface area contributed by atoms with E-state index in [9.17, 15) is 0 Å². The zero-order valence-corrected chi connectivity index (χ0v) is 4.94. The van der Waals surface area contributed by atoms with Crippen molar-refractivity contribution in [2.75, 3.05) is 6.61 Å². The summed E-state index contributed by atoms with van der Waals surface area (Å²) in [6.07, 6.45) is 1.18. The summed E-state index contributed by atoms with van der Waals surface area (Å²) >= 11 is 5.07. The van der Waals surface area contributed by atoms with E-state index in [1.165, 1.54) is 6.08 Å². The van der Waals surface area contributed by atoms with E-state index in [-0.39, 0.29) is 17.5 Å². The normalized spacial score (nSPS) is 11.5. The average Bonchev–Trinajstić information content (AvgIpc) is 1.65. The highest BCUT2D eigenvalue weighted by Crippen LogP contribution is 1.86. The largest absolute Gasteiger partial charge is 0.400 e. The van der Waals surface area contributed by atoms with Crippen LogP contribution in [0.1, 0.15) is 0 Å². The third-order valence-electron chi connectivity index (χ3n) is 0.495. The van der Waals surface area contributed by atoms with Crippen LogP contribution in [0.3, 0.4) is 0 Å². The molecule has 8 heavy (non-hydrogen) atoms. The minimum atomic E-state index is -0.255. The van der Waals surface area contributed by atoms with Crippen molar-refractivity contribution in [2.24, 2.45) is 5.73 Å². The molecule has 0 saturated carbocycles. The van der Waals surface area contributed by atoms with Gasteiger partial charge in [-0.15, -0.1) is 0 Å². The summed E-state index contributed by atoms with van der Waals surface area (Å²) in [5.41, 5.74) is 5.26. The van der Waals surface area contributed by atoms with Gasteiger partial charge in [-0.3, -0.25) is 5.41 Å². The zero-order valence-electron chi connectivity index (χ0n) is 4.19. The Hall–Kier alpha value is -0.540. The molecular weight excluding hydrogens is 128 g/mol. The van der Waals surface area contributed by atoms with Gasteiger partial charge in [0.2, 0.25) is 0 Å². The van der Waals surface area contributed by atoms with Crippen LogP contribution in [0.25, 0.3) is 0 Å². The smallest absolute Gasteiger partial charge is 0.122 e. The predicted molar refractivity (Wildman–Crippen MR) is 32.9 cm³/mol. The molecule has 3 nitrogen and oxygen atoms in total. The van der Waals surface area contributed by atoms with Crippen LogP contribution in [0.15, 0.2) is 11.8 Å². The summed E-state index contributed by atoms with van der Waals surface area (Å²) in [4.78, 5) is 0. The van der Waals surface area contributed by atoms with Gasteiger partial charge in [-0.2, -0.15) is 0 Å². The third kappa shape index (κ3) is 3.64. The molecular formula is C4H7ClN2O. The van der Waals surface area contributed by atoms with Gasteiger partial charge in [-0.1, -0.05) is 11.6 Å². The van der Waals surface area contributed by atoms with Crippen LogP contribution in [0.2, 0.25) is 0 Å². The second-order valence-electron chi connectivity index (χ2n) is 1.23. The second-order valence-corrected chi connectivity index (χ2v) is 1.63. The standard InChI is InChI=1S/C4H7ClN2O/c5-4(7)1-3(6)2-8/h1,7-8H,2,6H2/b3-1-,7-4?. The third-order valence-corrected chi connectivity index (χ3v) is 0.604. The minimum Gasteiger partial charge on any atom is -0.400 e. The van der Waals surface area contributed by atoms with Gasteiger partial charge < -0.3 is 10.8 Å². The lowest BCUT2D eigenvalue weighted by Crippen LogP contribution is -2.02. The van der Waals surface area contributed by atoms with Gasteiger partial charge in [0.15, 0.2) is 0 Å². The number of halogens is 1. The summed E-state index contributed by atoms with van der Waals surface area (Å²) in [6, 6.07) is 0. The summed E-state index contributed by atoms with van der Waals surface area (Å²) in [6.45, 7) is -0.255. The molecule has 0 aliphatic rings. The SMILES string of the molecule is N=C(Cl)/C=C(\N)CO. The van der Waals surface area contributed by atoms with Gasteiger partial charge in [0, 0.05) is 5.70 Å². The molecule has 0 radical (unpaired) electrons. The number of nitrogens with one attached hydrogen (secondary N) is 1. The Morgan fingerprint density at radius 2 is 2.38 bits per heavy atom. The predicted octanol–water partition coefficient (Wildman–Crippen LogP) is 0.0374. The lowest BCUT2D eigenvalue weighted by Gasteiger charge is -1.89. The van der Waals surface area contributed by atoms with Gasteiger partial charge in [0.25, 0.3) is 0 Å². The summed E-state index contributed by atoms with van der Waals surface area (Å²) in [5.74, 6) is 0. The zero-order chi connectivity index (χ0) is 6.57. The molecule has 4 heteroatoms. The molecule has 0 unspecified atom stereocenters. The summed E-state index contributed by atoms with van der Waals surface area (Å²) < 4.78 is 0. The molecule has 4 N–H and O–H groups in total. The van der Waals surface area contributed by atoms with Gasteiger partial charge in [0.1, 0.15) is 5.17 Å². The molecule has 0 aromatic rings. The Morgan fingerprint density at radius 1 is 1.88 bits per heavy atom. The molecule has 0 spiro atoms. The average molecular weight is 135 g/mol. The lowest BCUT2D eigenvalue weighted by atomic mass is 10.4. The van der Waals surface area contributed by atoms with Crippen LogP contribution in [0, 0.1) is 5.41 Å². The molecule has 0 aliphatic carbocycles. The highest BCUT2D eigenvalue weighted by molar-refractivity contribution is 6.67. The molecule has 0 atom stereocenters. The minimum absolute atomic E-state index is 0.170. The highest BCUT2D eigenvalue weighted by atomic mass is 35.5. The van der Waals surface area contributed by atoms with E-state index in [4.69, 9.17) is 27.9 Å². The van der Waals surface area contributed by atoms with E-state index in [0.29, 0.717) is 0 Å². The van der Waals surface area contributed by atoms with E-state index < -0.39 is 0 Å². The van der Waals surface area contributed by atoms with Crippen LogP contribution in [-0.2, 0) is 0 Å². The molecule has 0 fully saturated rings. The van der Waals surface area contributed by atoms with Crippen molar-refractivity contribution in [1.29, 1.82) is 5.41 Å². The maximum atomic E-state index is 8.24. The summed E-state index contributed by atoms with van der Waals surface area (Å²) in [5, 5.41) is 14.7. The van der Waals surface area contributed by atoms with Crippen molar-refractivity contribution in [3.05, 3.63) is 11.8 Å². The molecule has 0 heterocycles. The monoisotopic (exact) mass is 134 g/mol. The maximum Gasteiger partial charge on any atom is 0.122 e. The Morgan fingerprint density at radius 3 is 2.50 bits per heavy atom. The van der Waals surface area contributed by atoms with E-state index in [1.54, 1.807) is 0 Å². The Kier molecular flexibility index (Phi) is 3.23. The van der Waals surface area contributed by atoms with Gasteiger partial charge >= 0.3 is 0 Å². The number of rotatable bonds is 2. The summed E-state index contributed by atoms with van der Waals surface area (Å²) in [7, 11) is 0. The number of allylic oxidation sites excluding steroid dienone is 1. The number of aliphatic hydroxyl groups is 1. The van der Waals surface area contributed by atoms with Crippen molar-refractivity contribution in [2.45, 2.75) is 0 Å². The Labute approximate surface area is 52.3 Å². The Balaban J connectivity index is 3.75. The molecule has 0 bridgehead atoms. The van der Waals surface area contributed by atoms with Crippen LogP contribution in [0.4, 0.5) is 0 Å². The molecule has 46 valence electrons. The fraction of sp³-hybridized carbons (Fsp3) is 0.250. The molecule has 0 aliphatic heterocycles. The molecule has 0 saturated heterocycles. The first kappa shape index (κ1) is 7.46. The van der Waals surface area contributed by atoms with E-state index in [2.05, 4.69) is 0 Å². The highest BCUT2D eigenvalue weighted by Gasteiger charge is 1.85. The first-order valence-electron chi connectivity index (χ1n) is 1.97. The van der Waals surface area contributed by atoms with E-state index >= 15 is 0 Å².